The van der Waals surface area contributed by atoms with Crippen molar-refractivity contribution in [3.8, 4) is 0 Å². The van der Waals surface area contributed by atoms with Crippen molar-refractivity contribution in [2.24, 2.45) is 0 Å². The Hall–Kier alpha value is -0.910. The van der Waals surface area contributed by atoms with Gasteiger partial charge in [0, 0.05) is 23.5 Å². The first-order valence-corrected chi connectivity index (χ1v) is 5.31. The monoisotopic (exact) mass is 207 g/mol. The summed E-state index contributed by atoms with van der Waals surface area (Å²) in [6.45, 7) is 2.92. The third kappa shape index (κ3) is 5.35. The number of carbonyl (C=O) groups excluding carboxylic acids is 1. The SMILES string of the molecule is CCS(=O)CC(NC(C)=O)C(=O)O. The number of hydrogen-bond acceptors (Lipinski definition) is 3. The Morgan fingerprint density at radius 2 is 2.08 bits per heavy atom. The molecule has 0 aliphatic carbocycles. The molecule has 13 heavy (non-hydrogen) atoms. The average Bonchev–Trinajstić information content (AvgIpc) is 2.02. The third-order valence-corrected chi connectivity index (χ3v) is 2.70. The van der Waals surface area contributed by atoms with Crippen molar-refractivity contribution in [3.05, 3.63) is 0 Å². The summed E-state index contributed by atoms with van der Waals surface area (Å²) in [5.41, 5.74) is 0. The molecule has 6 heteroatoms. The van der Waals surface area contributed by atoms with E-state index in [1.165, 1.54) is 6.92 Å². The lowest BCUT2D eigenvalue weighted by Crippen LogP contribution is -2.43. The van der Waals surface area contributed by atoms with Crippen LogP contribution in [0.15, 0.2) is 0 Å². The van der Waals surface area contributed by atoms with Crippen LogP contribution in [0.5, 0.6) is 0 Å². The predicted molar refractivity (Wildman–Crippen MR) is 48.8 cm³/mol. The summed E-state index contributed by atoms with van der Waals surface area (Å²) in [4.78, 5) is 21.1. The molecule has 0 aromatic heterocycles. The molecule has 0 radical (unpaired) electrons. The van der Waals surface area contributed by atoms with Crippen LogP contribution in [0.3, 0.4) is 0 Å². The van der Waals surface area contributed by atoms with Crippen LogP contribution >= 0.6 is 0 Å². The van der Waals surface area contributed by atoms with Crippen LogP contribution in [0.2, 0.25) is 0 Å². The van der Waals surface area contributed by atoms with Gasteiger partial charge in [-0.1, -0.05) is 6.92 Å². The van der Waals surface area contributed by atoms with Crippen LogP contribution in [0.25, 0.3) is 0 Å². The summed E-state index contributed by atoms with van der Waals surface area (Å²) in [6.07, 6.45) is 0. The minimum absolute atomic E-state index is 0.0363. The molecular formula is C7H13NO4S. The number of carboxylic acid groups (broad SMARTS) is 1. The largest absolute Gasteiger partial charge is 0.480 e. The number of aliphatic carboxylic acids is 1. The van der Waals surface area contributed by atoms with Crippen molar-refractivity contribution in [2.75, 3.05) is 11.5 Å². The van der Waals surface area contributed by atoms with Gasteiger partial charge in [-0.2, -0.15) is 0 Å². The third-order valence-electron chi connectivity index (χ3n) is 1.35. The predicted octanol–water partition coefficient (Wildman–Crippen LogP) is -0.656. The van der Waals surface area contributed by atoms with Crippen LogP contribution in [0, 0.1) is 0 Å². The van der Waals surface area contributed by atoms with E-state index >= 15 is 0 Å². The van der Waals surface area contributed by atoms with Crippen LogP contribution in [-0.4, -0.2) is 38.7 Å². The van der Waals surface area contributed by atoms with Crippen LogP contribution < -0.4 is 5.32 Å². The van der Waals surface area contributed by atoms with E-state index in [1.807, 2.05) is 0 Å². The summed E-state index contributed by atoms with van der Waals surface area (Å²) in [7, 11) is -1.19. The molecule has 76 valence electrons. The van der Waals surface area contributed by atoms with Crippen LogP contribution in [0.1, 0.15) is 13.8 Å². The highest BCUT2D eigenvalue weighted by Gasteiger charge is 2.20. The maximum atomic E-state index is 11.0. The quantitative estimate of drug-likeness (QED) is 0.627. The minimum Gasteiger partial charge on any atom is -0.480 e. The maximum Gasteiger partial charge on any atom is 0.327 e. The molecule has 0 fully saturated rings. The van der Waals surface area contributed by atoms with E-state index in [1.54, 1.807) is 6.92 Å². The van der Waals surface area contributed by atoms with E-state index in [9.17, 15) is 13.8 Å². The van der Waals surface area contributed by atoms with Gasteiger partial charge in [-0.25, -0.2) is 4.79 Å². The number of carbonyl (C=O) groups is 2. The van der Waals surface area contributed by atoms with E-state index in [4.69, 9.17) is 5.11 Å². The Kier molecular flexibility index (Phi) is 5.29. The lowest BCUT2D eigenvalue weighted by molar-refractivity contribution is -0.140. The van der Waals surface area contributed by atoms with Crippen molar-refractivity contribution in [1.29, 1.82) is 0 Å². The molecule has 0 rings (SSSR count). The fourth-order valence-electron chi connectivity index (χ4n) is 0.724. The fraction of sp³-hybridized carbons (Fsp3) is 0.714. The molecule has 0 aromatic rings. The van der Waals surface area contributed by atoms with Gasteiger partial charge in [0.05, 0.1) is 5.75 Å². The number of rotatable bonds is 5. The number of carboxylic acids is 1. The zero-order valence-electron chi connectivity index (χ0n) is 7.57. The van der Waals surface area contributed by atoms with Crippen LogP contribution in [0.4, 0.5) is 0 Å². The molecule has 0 heterocycles. The van der Waals surface area contributed by atoms with Gasteiger partial charge in [0.1, 0.15) is 6.04 Å². The molecule has 0 bridgehead atoms. The summed E-state index contributed by atoms with van der Waals surface area (Å²) in [5, 5.41) is 10.8. The second kappa shape index (κ2) is 5.69. The summed E-state index contributed by atoms with van der Waals surface area (Å²) >= 11 is 0. The summed E-state index contributed by atoms with van der Waals surface area (Å²) in [6, 6.07) is -1.04. The standard InChI is InChI=1S/C7H13NO4S/c1-3-13(12)4-6(7(10)11)8-5(2)9/h6H,3-4H2,1-2H3,(H,8,9)(H,10,11). The Labute approximate surface area is 79.0 Å². The second-order valence-corrected chi connectivity index (χ2v) is 4.28. The van der Waals surface area contributed by atoms with Gasteiger partial charge < -0.3 is 10.4 Å². The highest BCUT2D eigenvalue weighted by Crippen LogP contribution is 1.90. The van der Waals surface area contributed by atoms with Crippen molar-refractivity contribution in [2.45, 2.75) is 19.9 Å². The highest BCUT2D eigenvalue weighted by atomic mass is 32.2. The lowest BCUT2D eigenvalue weighted by Gasteiger charge is -2.11. The van der Waals surface area contributed by atoms with Crippen molar-refractivity contribution >= 4 is 22.7 Å². The Balaban J connectivity index is 4.18. The van der Waals surface area contributed by atoms with Gasteiger partial charge in [0.2, 0.25) is 5.91 Å². The topological polar surface area (TPSA) is 83.5 Å². The van der Waals surface area contributed by atoms with E-state index in [2.05, 4.69) is 5.32 Å². The van der Waals surface area contributed by atoms with Gasteiger partial charge in [-0.15, -0.1) is 0 Å². The Morgan fingerprint density at radius 3 is 2.38 bits per heavy atom. The molecule has 0 aromatic carbocycles. The summed E-state index contributed by atoms with van der Waals surface area (Å²) in [5.74, 6) is -1.23. The lowest BCUT2D eigenvalue weighted by atomic mass is 10.3. The molecule has 2 N–H and O–H groups in total. The molecule has 0 spiro atoms. The Bertz CT molecular complexity index is 229. The molecule has 0 aliphatic rings. The van der Waals surface area contributed by atoms with E-state index in [0.29, 0.717) is 5.75 Å². The normalized spacial score (nSPS) is 14.6. The molecule has 5 nitrogen and oxygen atoms in total. The van der Waals surface area contributed by atoms with Gasteiger partial charge in [0.25, 0.3) is 0 Å². The fourth-order valence-corrected chi connectivity index (χ4v) is 1.56. The smallest absolute Gasteiger partial charge is 0.327 e. The van der Waals surface area contributed by atoms with Gasteiger partial charge >= 0.3 is 5.97 Å². The van der Waals surface area contributed by atoms with E-state index in [0.717, 1.165) is 0 Å². The molecule has 0 saturated heterocycles. The molecule has 2 unspecified atom stereocenters. The zero-order chi connectivity index (χ0) is 10.4. The molecule has 0 saturated carbocycles. The molecular weight excluding hydrogens is 194 g/mol. The van der Waals surface area contributed by atoms with Crippen LogP contribution in [-0.2, 0) is 20.4 Å². The van der Waals surface area contributed by atoms with E-state index < -0.39 is 28.7 Å². The zero-order valence-corrected chi connectivity index (χ0v) is 8.39. The molecule has 2 atom stereocenters. The maximum absolute atomic E-state index is 11.0. The number of hydrogen-bond donors (Lipinski definition) is 2. The van der Waals surface area contributed by atoms with E-state index in [-0.39, 0.29) is 5.75 Å². The number of nitrogens with one attached hydrogen (secondary N) is 1. The van der Waals surface area contributed by atoms with Crippen molar-refractivity contribution in [1.82, 2.24) is 5.32 Å². The minimum atomic E-state index is -1.19. The van der Waals surface area contributed by atoms with Crippen molar-refractivity contribution in [3.63, 3.8) is 0 Å². The first-order valence-electron chi connectivity index (χ1n) is 3.82. The first-order chi connectivity index (χ1) is 5.97. The molecule has 0 aliphatic heterocycles. The van der Waals surface area contributed by atoms with Gasteiger partial charge in [0.15, 0.2) is 0 Å². The van der Waals surface area contributed by atoms with Crippen molar-refractivity contribution < 1.29 is 18.9 Å². The average molecular weight is 207 g/mol. The van der Waals surface area contributed by atoms with Gasteiger partial charge in [-0.3, -0.25) is 9.00 Å². The first kappa shape index (κ1) is 12.1. The number of amides is 1. The Morgan fingerprint density at radius 1 is 1.54 bits per heavy atom. The highest BCUT2D eigenvalue weighted by molar-refractivity contribution is 7.85. The molecule has 1 amide bonds. The second-order valence-electron chi connectivity index (χ2n) is 2.49. The van der Waals surface area contributed by atoms with Gasteiger partial charge in [-0.05, 0) is 0 Å². The summed E-state index contributed by atoms with van der Waals surface area (Å²) < 4.78 is 11.0.